The lowest BCUT2D eigenvalue weighted by Crippen LogP contribution is -2.35. The SMILES string of the molecule is CN(C)CC(NC(=O)c1ccc(CN)cc1)c1ccccc1.Cl. The van der Waals surface area contributed by atoms with E-state index in [-0.39, 0.29) is 24.4 Å². The van der Waals surface area contributed by atoms with Gasteiger partial charge in [0.05, 0.1) is 6.04 Å². The molecule has 2 aromatic rings. The maximum absolute atomic E-state index is 12.4. The molecule has 0 aliphatic heterocycles. The van der Waals surface area contributed by atoms with Crippen molar-refractivity contribution in [2.45, 2.75) is 12.6 Å². The molecule has 4 nitrogen and oxygen atoms in total. The van der Waals surface area contributed by atoms with Crippen molar-refractivity contribution in [2.24, 2.45) is 5.73 Å². The van der Waals surface area contributed by atoms with Gasteiger partial charge in [-0.05, 0) is 37.4 Å². The summed E-state index contributed by atoms with van der Waals surface area (Å²) in [5.41, 5.74) is 8.35. The molecule has 0 saturated heterocycles. The topological polar surface area (TPSA) is 58.4 Å². The van der Waals surface area contributed by atoms with Crippen molar-refractivity contribution in [3.63, 3.8) is 0 Å². The lowest BCUT2D eigenvalue weighted by Gasteiger charge is -2.23. The van der Waals surface area contributed by atoms with E-state index in [1.165, 1.54) is 0 Å². The van der Waals surface area contributed by atoms with Crippen molar-refractivity contribution in [1.29, 1.82) is 0 Å². The second-order valence-electron chi connectivity index (χ2n) is 5.60. The normalized spacial score (nSPS) is 11.7. The molecule has 3 N–H and O–H groups in total. The minimum atomic E-state index is -0.0701. The summed E-state index contributed by atoms with van der Waals surface area (Å²) in [6, 6.07) is 17.4. The molecule has 5 heteroatoms. The molecule has 1 atom stereocenters. The van der Waals surface area contributed by atoms with Crippen LogP contribution in [-0.4, -0.2) is 31.4 Å². The molecule has 2 aromatic carbocycles. The van der Waals surface area contributed by atoms with Crippen LogP contribution >= 0.6 is 12.4 Å². The van der Waals surface area contributed by atoms with E-state index in [4.69, 9.17) is 5.73 Å². The maximum Gasteiger partial charge on any atom is 0.251 e. The number of carbonyl (C=O) groups excluding carboxylic acids is 1. The minimum Gasteiger partial charge on any atom is -0.344 e. The van der Waals surface area contributed by atoms with Gasteiger partial charge in [-0.15, -0.1) is 12.4 Å². The Balaban J connectivity index is 0.00000264. The van der Waals surface area contributed by atoms with Crippen molar-refractivity contribution >= 4 is 18.3 Å². The summed E-state index contributed by atoms with van der Waals surface area (Å²) in [6.07, 6.45) is 0. The lowest BCUT2D eigenvalue weighted by molar-refractivity contribution is 0.0930. The van der Waals surface area contributed by atoms with Crippen LogP contribution in [0.2, 0.25) is 0 Å². The number of nitrogens with one attached hydrogen (secondary N) is 1. The molecule has 0 fully saturated rings. The Morgan fingerprint density at radius 3 is 2.22 bits per heavy atom. The van der Waals surface area contributed by atoms with Gasteiger partial charge in [-0.3, -0.25) is 4.79 Å². The van der Waals surface area contributed by atoms with Gasteiger partial charge >= 0.3 is 0 Å². The van der Waals surface area contributed by atoms with Gasteiger partial charge < -0.3 is 16.0 Å². The van der Waals surface area contributed by atoms with Crippen molar-refractivity contribution in [1.82, 2.24) is 10.2 Å². The number of nitrogens with zero attached hydrogens (tertiary/aromatic N) is 1. The first-order valence-corrected chi connectivity index (χ1v) is 7.39. The quantitative estimate of drug-likeness (QED) is 0.854. The molecule has 2 rings (SSSR count). The van der Waals surface area contributed by atoms with Crippen LogP contribution in [0.1, 0.15) is 27.5 Å². The van der Waals surface area contributed by atoms with E-state index in [9.17, 15) is 4.79 Å². The lowest BCUT2D eigenvalue weighted by atomic mass is 10.1. The van der Waals surface area contributed by atoms with E-state index in [0.29, 0.717) is 12.1 Å². The summed E-state index contributed by atoms with van der Waals surface area (Å²) < 4.78 is 0. The zero-order chi connectivity index (χ0) is 15.9. The fraction of sp³-hybridized carbons (Fsp3) is 0.278. The van der Waals surface area contributed by atoms with E-state index in [2.05, 4.69) is 10.2 Å². The minimum absolute atomic E-state index is 0. The number of nitrogens with two attached hydrogens (primary N) is 1. The number of likely N-dealkylation sites (N-methyl/N-ethyl adjacent to an activating group) is 1. The van der Waals surface area contributed by atoms with Crippen molar-refractivity contribution in [3.8, 4) is 0 Å². The fourth-order valence-corrected chi connectivity index (χ4v) is 2.32. The monoisotopic (exact) mass is 333 g/mol. The molecule has 23 heavy (non-hydrogen) atoms. The van der Waals surface area contributed by atoms with E-state index in [0.717, 1.165) is 17.7 Å². The third-order valence-corrected chi connectivity index (χ3v) is 3.51. The summed E-state index contributed by atoms with van der Waals surface area (Å²) in [7, 11) is 4.00. The van der Waals surface area contributed by atoms with Crippen LogP contribution in [0.3, 0.4) is 0 Å². The first kappa shape index (κ1) is 19.2. The first-order valence-electron chi connectivity index (χ1n) is 7.39. The third-order valence-electron chi connectivity index (χ3n) is 3.51. The van der Waals surface area contributed by atoms with Crippen LogP contribution in [0, 0.1) is 0 Å². The molecule has 0 aromatic heterocycles. The van der Waals surface area contributed by atoms with Gasteiger partial charge in [-0.1, -0.05) is 42.5 Å². The Labute approximate surface area is 144 Å². The average Bonchev–Trinajstić information content (AvgIpc) is 2.54. The summed E-state index contributed by atoms with van der Waals surface area (Å²) in [5.74, 6) is -0.0701. The van der Waals surface area contributed by atoms with Crippen molar-refractivity contribution in [2.75, 3.05) is 20.6 Å². The molecule has 0 aliphatic carbocycles. The molecule has 0 aliphatic rings. The van der Waals surface area contributed by atoms with Gasteiger partial charge in [0.1, 0.15) is 0 Å². The number of hydrogen-bond acceptors (Lipinski definition) is 3. The second-order valence-corrected chi connectivity index (χ2v) is 5.60. The predicted octanol–water partition coefficient (Wildman–Crippen LogP) is 2.60. The highest BCUT2D eigenvalue weighted by Crippen LogP contribution is 2.14. The smallest absolute Gasteiger partial charge is 0.251 e. The molecule has 0 radical (unpaired) electrons. The van der Waals surface area contributed by atoms with Crippen LogP contribution in [0.25, 0.3) is 0 Å². The van der Waals surface area contributed by atoms with Crippen LogP contribution in [-0.2, 0) is 6.54 Å². The van der Waals surface area contributed by atoms with Gasteiger partial charge in [0.25, 0.3) is 5.91 Å². The number of benzene rings is 2. The molecule has 0 heterocycles. The molecule has 0 bridgehead atoms. The fourth-order valence-electron chi connectivity index (χ4n) is 2.32. The first-order chi connectivity index (χ1) is 10.6. The summed E-state index contributed by atoms with van der Waals surface area (Å²) in [6.45, 7) is 1.23. The molecule has 0 saturated carbocycles. The number of rotatable bonds is 6. The van der Waals surface area contributed by atoms with Gasteiger partial charge in [-0.2, -0.15) is 0 Å². The number of hydrogen-bond donors (Lipinski definition) is 2. The summed E-state index contributed by atoms with van der Waals surface area (Å²) in [4.78, 5) is 14.5. The molecular formula is C18H24ClN3O. The third kappa shape index (κ3) is 5.67. The maximum atomic E-state index is 12.4. The number of amides is 1. The molecule has 0 spiro atoms. The van der Waals surface area contributed by atoms with Crippen LogP contribution in [0.5, 0.6) is 0 Å². The van der Waals surface area contributed by atoms with E-state index in [1.807, 2.05) is 68.7 Å². The molecule has 124 valence electrons. The van der Waals surface area contributed by atoms with Gasteiger partial charge in [0.15, 0.2) is 0 Å². The van der Waals surface area contributed by atoms with Crippen molar-refractivity contribution in [3.05, 3.63) is 71.3 Å². The van der Waals surface area contributed by atoms with Crippen LogP contribution in [0.15, 0.2) is 54.6 Å². The summed E-state index contributed by atoms with van der Waals surface area (Å²) in [5, 5.41) is 3.11. The average molecular weight is 334 g/mol. The molecule has 1 unspecified atom stereocenters. The highest BCUT2D eigenvalue weighted by Gasteiger charge is 2.16. The Morgan fingerprint density at radius 1 is 1.09 bits per heavy atom. The molecule has 1 amide bonds. The zero-order valence-corrected chi connectivity index (χ0v) is 14.3. The van der Waals surface area contributed by atoms with Crippen molar-refractivity contribution < 1.29 is 4.79 Å². The Kier molecular flexibility index (Phi) is 7.75. The summed E-state index contributed by atoms with van der Waals surface area (Å²) >= 11 is 0. The Morgan fingerprint density at radius 2 is 1.70 bits per heavy atom. The standard InChI is InChI=1S/C18H23N3O.ClH/c1-21(2)13-17(15-6-4-3-5-7-15)20-18(22)16-10-8-14(12-19)9-11-16;/h3-11,17H,12-13,19H2,1-2H3,(H,20,22);1H. The number of carbonyl (C=O) groups is 1. The van der Waals surface area contributed by atoms with Crippen LogP contribution < -0.4 is 11.1 Å². The van der Waals surface area contributed by atoms with E-state index in [1.54, 1.807) is 0 Å². The van der Waals surface area contributed by atoms with Crippen LogP contribution in [0.4, 0.5) is 0 Å². The predicted molar refractivity (Wildman–Crippen MR) is 96.8 cm³/mol. The van der Waals surface area contributed by atoms with E-state index < -0.39 is 0 Å². The van der Waals surface area contributed by atoms with Gasteiger partial charge in [-0.25, -0.2) is 0 Å². The number of halogens is 1. The Bertz CT molecular complexity index is 599. The Hall–Kier alpha value is -1.88. The largest absolute Gasteiger partial charge is 0.344 e. The highest BCUT2D eigenvalue weighted by atomic mass is 35.5. The second kappa shape index (κ2) is 9.30. The van der Waals surface area contributed by atoms with E-state index >= 15 is 0 Å². The highest BCUT2D eigenvalue weighted by molar-refractivity contribution is 5.94. The molecular weight excluding hydrogens is 310 g/mol. The van der Waals surface area contributed by atoms with Gasteiger partial charge in [0, 0.05) is 18.7 Å². The van der Waals surface area contributed by atoms with Gasteiger partial charge in [0.2, 0.25) is 0 Å². The zero-order valence-electron chi connectivity index (χ0n) is 13.5.